The van der Waals surface area contributed by atoms with Crippen LogP contribution in [0.15, 0.2) is 60.8 Å². The van der Waals surface area contributed by atoms with Crippen molar-refractivity contribution in [2.75, 3.05) is 5.32 Å². The van der Waals surface area contributed by atoms with Gasteiger partial charge < -0.3 is 14.6 Å². The van der Waals surface area contributed by atoms with Crippen molar-refractivity contribution in [3.8, 4) is 11.6 Å². The van der Waals surface area contributed by atoms with Crippen molar-refractivity contribution in [2.45, 2.75) is 19.6 Å². The Morgan fingerprint density at radius 1 is 1.10 bits per heavy atom. The highest BCUT2D eigenvalue weighted by Crippen LogP contribution is 2.36. The molecular formula is C21H16ClF3N4O. The van der Waals surface area contributed by atoms with Crippen LogP contribution in [-0.4, -0.2) is 14.5 Å². The lowest BCUT2D eigenvalue weighted by atomic mass is 10.2. The van der Waals surface area contributed by atoms with E-state index in [1.165, 1.54) is 12.3 Å². The topological polar surface area (TPSA) is 52.0 Å². The second-order valence-electron chi connectivity index (χ2n) is 6.42. The van der Waals surface area contributed by atoms with Crippen molar-refractivity contribution in [3.63, 3.8) is 0 Å². The second-order valence-corrected chi connectivity index (χ2v) is 6.85. The Labute approximate surface area is 175 Å². The standard InChI is InChI=1S/C21H16ClF3N4O/c1-2-29-18-10-5-13(22)12-17(18)28-20(29)27-14-6-8-15(9-7-14)30-19-16(21(23,24)25)4-3-11-26-19/h3-12H,2H2,1H3,(H,27,28). The number of hydrogen-bond donors (Lipinski definition) is 1. The lowest BCUT2D eigenvalue weighted by molar-refractivity contribution is -0.138. The Bertz CT molecular complexity index is 1190. The van der Waals surface area contributed by atoms with Gasteiger partial charge in [0.15, 0.2) is 0 Å². The van der Waals surface area contributed by atoms with Gasteiger partial charge in [-0.25, -0.2) is 9.97 Å². The van der Waals surface area contributed by atoms with Crippen molar-refractivity contribution in [2.24, 2.45) is 0 Å². The highest BCUT2D eigenvalue weighted by molar-refractivity contribution is 6.31. The smallest absolute Gasteiger partial charge is 0.421 e. The number of hydrogen-bond acceptors (Lipinski definition) is 4. The normalized spacial score (nSPS) is 11.6. The molecule has 0 radical (unpaired) electrons. The van der Waals surface area contributed by atoms with Gasteiger partial charge in [-0.15, -0.1) is 0 Å². The number of alkyl halides is 3. The molecule has 2 heterocycles. The summed E-state index contributed by atoms with van der Waals surface area (Å²) in [4.78, 5) is 8.27. The van der Waals surface area contributed by atoms with Crippen molar-refractivity contribution < 1.29 is 17.9 Å². The predicted octanol–water partition coefficient (Wildman–Crippen LogP) is 6.66. The summed E-state index contributed by atoms with van der Waals surface area (Å²) in [6.07, 6.45) is -3.30. The van der Waals surface area contributed by atoms with Gasteiger partial charge in [0.1, 0.15) is 11.3 Å². The van der Waals surface area contributed by atoms with Crippen molar-refractivity contribution >= 4 is 34.3 Å². The van der Waals surface area contributed by atoms with Gasteiger partial charge in [0.05, 0.1) is 11.0 Å². The average Bonchev–Trinajstić information content (AvgIpc) is 3.05. The average molecular weight is 433 g/mol. The highest BCUT2D eigenvalue weighted by Gasteiger charge is 2.35. The number of aromatic nitrogens is 3. The van der Waals surface area contributed by atoms with Gasteiger partial charge in [-0.1, -0.05) is 11.6 Å². The van der Waals surface area contributed by atoms with Crippen LogP contribution >= 0.6 is 11.6 Å². The molecule has 1 N–H and O–H groups in total. The predicted molar refractivity (Wildman–Crippen MR) is 109 cm³/mol. The maximum absolute atomic E-state index is 13.1. The largest absolute Gasteiger partial charge is 0.438 e. The number of rotatable bonds is 5. The zero-order chi connectivity index (χ0) is 21.3. The molecule has 0 saturated heterocycles. The minimum Gasteiger partial charge on any atom is -0.438 e. The third-order valence-corrected chi connectivity index (χ3v) is 4.66. The van der Waals surface area contributed by atoms with Crippen LogP contribution in [0.2, 0.25) is 5.02 Å². The zero-order valence-corrected chi connectivity index (χ0v) is 16.5. The first kappa shape index (κ1) is 20.0. The molecule has 2 aromatic carbocycles. The Morgan fingerprint density at radius 3 is 2.57 bits per heavy atom. The number of nitrogens with zero attached hydrogens (tertiary/aromatic N) is 3. The van der Waals surface area contributed by atoms with Crippen LogP contribution in [0.25, 0.3) is 11.0 Å². The molecule has 0 bridgehead atoms. The molecule has 0 aliphatic carbocycles. The Balaban J connectivity index is 1.56. The van der Waals surface area contributed by atoms with Gasteiger partial charge in [-0.05, 0) is 61.5 Å². The number of anilines is 2. The van der Waals surface area contributed by atoms with E-state index < -0.39 is 17.6 Å². The molecule has 0 spiro atoms. The molecule has 0 aliphatic rings. The summed E-state index contributed by atoms with van der Waals surface area (Å²) in [5.74, 6) is 0.378. The highest BCUT2D eigenvalue weighted by atomic mass is 35.5. The summed E-state index contributed by atoms with van der Waals surface area (Å²) >= 11 is 6.05. The molecule has 0 unspecified atom stereocenters. The number of fused-ring (bicyclic) bond motifs is 1. The molecule has 0 atom stereocenters. The summed E-state index contributed by atoms with van der Waals surface area (Å²) in [6.45, 7) is 2.70. The first-order valence-electron chi connectivity index (χ1n) is 9.08. The minimum atomic E-state index is -4.55. The maximum atomic E-state index is 13.1. The number of imidazole rings is 1. The number of benzene rings is 2. The first-order valence-corrected chi connectivity index (χ1v) is 9.46. The van der Waals surface area contributed by atoms with E-state index >= 15 is 0 Å². The van der Waals surface area contributed by atoms with Gasteiger partial charge in [0.2, 0.25) is 11.8 Å². The second kappa shape index (κ2) is 7.87. The molecule has 154 valence electrons. The molecule has 0 fully saturated rings. The lowest BCUT2D eigenvalue weighted by Crippen LogP contribution is -2.08. The number of ether oxygens (including phenoxy) is 1. The summed E-state index contributed by atoms with van der Waals surface area (Å²) in [6, 6.07) is 14.2. The van der Waals surface area contributed by atoms with E-state index in [4.69, 9.17) is 16.3 Å². The number of pyridine rings is 1. The molecule has 0 amide bonds. The Morgan fingerprint density at radius 2 is 1.87 bits per heavy atom. The molecule has 0 saturated carbocycles. The maximum Gasteiger partial charge on any atom is 0.421 e. The quantitative estimate of drug-likeness (QED) is 0.383. The van der Waals surface area contributed by atoms with Crippen LogP contribution < -0.4 is 10.1 Å². The third-order valence-electron chi connectivity index (χ3n) is 4.43. The van der Waals surface area contributed by atoms with Crippen molar-refractivity contribution in [3.05, 3.63) is 71.4 Å². The molecule has 9 heteroatoms. The monoisotopic (exact) mass is 432 g/mol. The van der Waals surface area contributed by atoms with Gasteiger partial charge in [-0.3, -0.25) is 0 Å². The van der Waals surface area contributed by atoms with Crippen LogP contribution in [0, 0.1) is 0 Å². The first-order chi connectivity index (χ1) is 14.3. The van der Waals surface area contributed by atoms with E-state index in [1.54, 1.807) is 36.4 Å². The van der Waals surface area contributed by atoms with Crippen molar-refractivity contribution in [1.82, 2.24) is 14.5 Å². The number of nitrogens with one attached hydrogen (secondary N) is 1. The molecular weight excluding hydrogens is 417 g/mol. The summed E-state index contributed by atoms with van der Waals surface area (Å²) in [5.41, 5.74) is 1.49. The summed E-state index contributed by atoms with van der Waals surface area (Å²) in [7, 11) is 0. The molecule has 5 nitrogen and oxygen atoms in total. The minimum absolute atomic E-state index is 0.237. The van der Waals surface area contributed by atoms with Crippen LogP contribution in [0.4, 0.5) is 24.8 Å². The number of aryl methyl sites for hydroxylation is 1. The lowest BCUT2D eigenvalue weighted by Gasteiger charge is -2.13. The van der Waals surface area contributed by atoms with Gasteiger partial charge in [0.25, 0.3) is 0 Å². The van der Waals surface area contributed by atoms with E-state index in [0.29, 0.717) is 23.2 Å². The van der Waals surface area contributed by atoms with Gasteiger partial charge in [0, 0.05) is 23.5 Å². The zero-order valence-electron chi connectivity index (χ0n) is 15.7. The van der Waals surface area contributed by atoms with Crippen LogP contribution in [0.1, 0.15) is 12.5 Å². The fourth-order valence-electron chi connectivity index (χ4n) is 3.05. The van der Waals surface area contributed by atoms with E-state index in [-0.39, 0.29) is 5.75 Å². The molecule has 2 aromatic heterocycles. The molecule has 30 heavy (non-hydrogen) atoms. The molecule has 4 rings (SSSR count). The fourth-order valence-corrected chi connectivity index (χ4v) is 3.22. The van der Waals surface area contributed by atoms with Gasteiger partial charge in [-0.2, -0.15) is 13.2 Å². The van der Waals surface area contributed by atoms with Crippen molar-refractivity contribution in [1.29, 1.82) is 0 Å². The van der Waals surface area contributed by atoms with Gasteiger partial charge >= 0.3 is 6.18 Å². The Kier molecular flexibility index (Phi) is 5.26. The molecule has 0 aliphatic heterocycles. The van der Waals surface area contributed by atoms with E-state index in [1.807, 2.05) is 17.6 Å². The third kappa shape index (κ3) is 4.04. The van der Waals surface area contributed by atoms with E-state index in [2.05, 4.69) is 15.3 Å². The van der Waals surface area contributed by atoms with E-state index in [9.17, 15) is 13.2 Å². The van der Waals surface area contributed by atoms with Crippen LogP contribution in [-0.2, 0) is 12.7 Å². The fraction of sp³-hybridized carbons (Fsp3) is 0.143. The number of halogens is 4. The Hall–Kier alpha value is -3.26. The summed E-state index contributed by atoms with van der Waals surface area (Å²) in [5, 5.41) is 3.82. The SMILES string of the molecule is CCn1c(Nc2ccc(Oc3ncccc3C(F)(F)F)cc2)nc2cc(Cl)ccc21. The summed E-state index contributed by atoms with van der Waals surface area (Å²) < 4.78 is 46.6. The van der Waals surface area contributed by atoms with Crippen LogP contribution in [0.3, 0.4) is 0 Å². The molecule has 4 aromatic rings. The van der Waals surface area contributed by atoms with E-state index in [0.717, 1.165) is 17.1 Å². The van der Waals surface area contributed by atoms with Crippen LogP contribution in [0.5, 0.6) is 11.6 Å².